The summed E-state index contributed by atoms with van der Waals surface area (Å²) in [6.07, 6.45) is -4.01. The molecular weight excluding hydrogens is 547 g/mol. The predicted molar refractivity (Wildman–Crippen MR) is 138 cm³/mol. The number of aromatic hydroxyl groups is 1. The number of rotatable bonds is 5. The summed E-state index contributed by atoms with van der Waals surface area (Å²) < 4.78 is 43.9. The third-order valence-electron chi connectivity index (χ3n) is 9.39. The fraction of sp³-hybridized carbons (Fsp3) is 0.536. The van der Waals surface area contributed by atoms with Crippen LogP contribution in [0.5, 0.6) is 5.75 Å². The summed E-state index contributed by atoms with van der Waals surface area (Å²) >= 11 is 0. The van der Waals surface area contributed by atoms with E-state index in [0.717, 1.165) is 18.9 Å². The number of aliphatic hydroxyl groups excluding tert-OH is 2. The van der Waals surface area contributed by atoms with Crippen molar-refractivity contribution < 1.29 is 48.0 Å². The second kappa shape index (κ2) is 9.04. The van der Waals surface area contributed by atoms with Gasteiger partial charge in [-0.05, 0) is 76.9 Å². The molecule has 6 N–H and O–H groups in total. The quantitative estimate of drug-likeness (QED) is 0.329. The number of nitrogens with two attached hydrogens (primary N) is 1. The lowest BCUT2D eigenvalue weighted by Gasteiger charge is -2.50. The summed E-state index contributed by atoms with van der Waals surface area (Å²) in [5.41, 5.74) is -1.65. The largest absolute Gasteiger partial charge is 0.510 e. The van der Waals surface area contributed by atoms with Crippen LogP contribution in [0.25, 0.3) is 0 Å². The number of phenolic OH excluding ortho intramolecular Hbond substituents is 1. The van der Waals surface area contributed by atoms with E-state index < -0.39 is 98.7 Å². The van der Waals surface area contributed by atoms with Gasteiger partial charge in [-0.25, -0.2) is 0 Å². The van der Waals surface area contributed by atoms with Crippen LogP contribution in [0.4, 0.5) is 13.2 Å². The number of carbonyl (C=O) groups is 3. The van der Waals surface area contributed by atoms with Gasteiger partial charge in [0.1, 0.15) is 22.8 Å². The van der Waals surface area contributed by atoms with Gasteiger partial charge < -0.3 is 26.2 Å². The van der Waals surface area contributed by atoms with Gasteiger partial charge in [0.2, 0.25) is 5.78 Å². The first-order valence-corrected chi connectivity index (χ1v) is 13.2. The fourth-order valence-corrected chi connectivity index (χ4v) is 6.88. The molecule has 5 rings (SSSR count). The van der Waals surface area contributed by atoms with Crippen molar-refractivity contribution in [3.8, 4) is 5.75 Å². The number of allylic oxidation sites excluding steroid dienone is 1. The van der Waals surface area contributed by atoms with Crippen LogP contribution in [0.15, 0.2) is 28.7 Å². The average molecular weight is 580 g/mol. The highest BCUT2D eigenvalue weighted by Crippen LogP contribution is 2.54. The lowest BCUT2D eigenvalue weighted by atomic mass is 9.58. The van der Waals surface area contributed by atoms with Crippen LogP contribution in [-0.2, 0) is 28.7 Å². The molecule has 10 nitrogen and oxygen atoms in total. The maximum Gasteiger partial charge on any atom is 0.417 e. The number of aliphatic hydroxyl groups is 3. The van der Waals surface area contributed by atoms with E-state index in [1.54, 1.807) is 11.9 Å². The van der Waals surface area contributed by atoms with Crippen molar-refractivity contribution in [2.75, 3.05) is 21.1 Å². The summed E-state index contributed by atoms with van der Waals surface area (Å²) in [6, 6.07) is -0.338. The zero-order chi connectivity index (χ0) is 30.6. The van der Waals surface area contributed by atoms with Gasteiger partial charge in [0.25, 0.3) is 5.91 Å². The predicted octanol–water partition coefficient (Wildman–Crippen LogP) is 2.12. The Morgan fingerprint density at radius 1 is 1.15 bits per heavy atom. The van der Waals surface area contributed by atoms with Gasteiger partial charge in [0.15, 0.2) is 11.4 Å². The lowest BCUT2D eigenvalue weighted by molar-refractivity contribution is -0.148. The van der Waals surface area contributed by atoms with Crippen molar-refractivity contribution >= 4 is 17.5 Å². The molecular formula is C28H32F3N3O7. The summed E-state index contributed by atoms with van der Waals surface area (Å²) in [6.45, 7) is 1.79. The number of benzene rings is 1. The minimum atomic E-state index is -4.89. The molecule has 0 saturated heterocycles. The molecule has 4 aliphatic carbocycles. The molecule has 1 aromatic rings. The molecule has 13 heteroatoms. The number of hydrogen-bond acceptors (Lipinski definition) is 9. The molecule has 0 radical (unpaired) electrons. The molecule has 41 heavy (non-hydrogen) atoms. The van der Waals surface area contributed by atoms with E-state index in [4.69, 9.17) is 5.73 Å². The van der Waals surface area contributed by atoms with Crippen molar-refractivity contribution in [1.82, 2.24) is 9.80 Å². The maximum atomic E-state index is 14.6. The Balaban J connectivity index is 1.70. The number of amides is 1. The van der Waals surface area contributed by atoms with Gasteiger partial charge in [-0.2, -0.15) is 13.2 Å². The molecule has 0 spiro atoms. The van der Waals surface area contributed by atoms with E-state index in [-0.39, 0.29) is 24.1 Å². The number of halogens is 3. The summed E-state index contributed by atoms with van der Waals surface area (Å²) in [4.78, 5) is 42.3. The second-order valence-corrected chi connectivity index (χ2v) is 12.1. The number of ketones is 2. The monoisotopic (exact) mass is 579 g/mol. The average Bonchev–Trinajstić information content (AvgIpc) is 3.58. The molecule has 4 atom stereocenters. The van der Waals surface area contributed by atoms with Crippen molar-refractivity contribution in [3.05, 3.63) is 51.0 Å². The molecule has 222 valence electrons. The molecule has 0 unspecified atom stereocenters. The number of alkyl halides is 3. The number of hydrogen-bond donors (Lipinski definition) is 5. The molecule has 1 amide bonds. The number of Topliss-reactive ketones (excluding diaryl/α,β-unsaturated/α-hetero) is 2. The molecule has 1 saturated carbocycles. The Bertz CT molecular complexity index is 1460. The van der Waals surface area contributed by atoms with Crippen molar-refractivity contribution in [2.45, 2.75) is 62.5 Å². The first kappa shape index (κ1) is 29.1. The van der Waals surface area contributed by atoms with Gasteiger partial charge in [0, 0.05) is 23.6 Å². The number of primary amides is 1. The molecule has 1 fully saturated rings. The summed E-state index contributed by atoms with van der Waals surface area (Å²) in [7, 11) is 4.63. The van der Waals surface area contributed by atoms with Crippen LogP contribution in [0, 0.1) is 11.8 Å². The maximum absolute atomic E-state index is 14.6. The van der Waals surface area contributed by atoms with Crippen molar-refractivity contribution in [1.29, 1.82) is 0 Å². The normalized spacial score (nSPS) is 29.1. The Hall–Kier alpha value is -3.42. The van der Waals surface area contributed by atoms with Gasteiger partial charge in [-0.1, -0.05) is 0 Å². The van der Waals surface area contributed by atoms with Gasteiger partial charge in [-0.15, -0.1) is 0 Å². The molecule has 0 bridgehead atoms. The Morgan fingerprint density at radius 3 is 2.27 bits per heavy atom. The van der Waals surface area contributed by atoms with Gasteiger partial charge in [-0.3, -0.25) is 24.2 Å². The molecule has 0 heterocycles. The minimum absolute atomic E-state index is 0.132. The van der Waals surface area contributed by atoms with Gasteiger partial charge >= 0.3 is 6.18 Å². The van der Waals surface area contributed by atoms with E-state index in [1.165, 1.54) is 19.0 Å². The van der Waals surface area contributed by atoms with E-state index in [9.17, 15) is 48.0 Å². The highest BCUT2D eigenvalue weighted by molar-refractivity contribution is 6.24. The van der Waals surface area contributed by atoms with Crippen LogP contribution in [-0.4, -0.2) is 86.0 Å². The fourth-order valence-electron chi connectivity index (χ4n) is 6.88. The van der Waals surface area contributed by atoms with Crippen LogP contribution in [0.3, 0.4) is 0 Å². The van der Waals surface area contributed by atoms with Crippen LogP contribution < -0.4 is 5.73 Å². The van der Waals surface area contributed by atoms with E-state index in [0.29, 0.717) is 0 Å². The Kier molecular flexibility index (Phi) is 6.41. The van der Waals surface area contributed by atoms with Crippen LogP contribution >= 0.6 is 0 Å². The molecule has 0 aliphatic heterocycles. The number of carbonyl (C=O) groups excluding carboxylic acids is 3. The molecule has 1 aromatic carbocycles. The Labute approximate surface area is 233 Å². The highest BCUT2D eigenvalue weighted by atomic mass is 19.4. The lowest BCUT2D eigenvalue weighted by Crippen LogP contribution is -2.63. The third kappa shape index (κ3) is 4.08. The van der Waals surface area contributed by atoms with E-state index in [2.05, 4.69) is 0 Å². The van der Waals surface area contributed by atoms with Crippen LogP contribution in [0.1, 0.15) is 53.2 Å². The first-order chi connectivity index (χ1) is 18.9. The first-order valence-electron chi connectivity index (χ1n) is 13.2. The summed E-state index contributed by atoms with van der Waals surface area (Å²) in [5.74, 6) is -8.98. The number of phenols is 1. The number of fused-ring (bicyclic) bond motifs is 3. The van der Waals surface area contributed by atoms with E-state index in [1.807, 2.05) is 6.92 Å². The molecule has 4 aliphatic rings. The van der Waals surface area contributed by atoms with E-state index >= 15 is 0 Å². The highest BCUT2D eigenvalue weighted by Gasteiger charge is 2.63. The second-order valence-electron chi connectivity index (χ2n) is 12.1. The zero-order valence-corrected chi connectivity index (χ0v) is 23.0. The smallest absolute Gasteiger partial charge is 0.417 e. The van der Waals surface area contributed by atoms with Crippen molar-refractivity contribution in [2.24, 2.45) is 17.6 Å². The Morgan fingerprint density at radius 2 is 1.76 bits per heavy atom. The standard InChI is InChI=1S/C28H32F3N3O7/c1-26(5-6-26)34(4)10-12-9-15(35)17-13(19(12)28(29,30)31)7-11-8-14-20(33(2)3)22(37)18(25(32)40)24(39)27(14,41)23(38)16(11)21(17)36/h9,11,14,20,35,37-38,41H,5-8,10H2,1-4H3,(H2,32,40)/t11-,14-,20-,27-/m0/s1. The van der Waals surface area contributed by atoms with Crippen LogP contribution in [0.2, 0.25) is 0 Å². The minimum Gasteiger partial charge on any atom is -0.510 e. The summed E-state index contributed by atoms with van der Waals surface area (Å²) in [5, 5.41) is 44.6. The zero-order valence-electron chi connectivity index (χ0n) is 23.0. The van der Waals surface area contributed by atoms with Gasteiger partial charge in [0.05, 0.1) is 17.2 Å². The third-order valence-corrected chi connectivity index (χ3v) is 9.39. The number of likely N-dealkylation sites (N-methyl/N-ethyl adjacent to an activating group) is 1. The number of nitrogens with zero attached hydrogens (tertiary/aromatic N) is 2. The van der Waals surface area contributed by atoms with Crippen molar-refractivity contribution in [3.63, 3.8) is 0 Å². The molecule has 0 aromatic heterocycles. The topological polar surface area (TPSA) is 165 Å². The SMILES string of the molecule is CN(C)[C@@H]1C(O)=C(C(N)=O)C(=O)[C@@]2(O)C(O)=C3C(=O)c4c(O)cc(CN(C)C5(C)CC5)c(C(F)(F)F)c4C[C@H]3C[C@@H]12.